The molecule has 3 nitrogen and oxygen atoms in total. The summed E-state index contributed by atoms with van der Waals surface area (Å²) in [5.41, 5.74) is -0.111. The highest BCUT2D eigenvalue weighted by Gasteiger charge is 2.19. The van der Waals surface area contributed by atoms with E-state index >= 15 is 0 Å². The monoisotopic (exact) mass is 230 g/mol. The molecule has 1 rings (SSSR count). The number of hydrogen-bond donors (Lipinski definition) is 1. The van der Waals surface area contributed by atoms with E-state index in [1.54, 1.807) is 6.92 Å². The van der Waals surface area contributed by atoms with Crippen LogP contribution >= 0.6 is 0 Å². The molecule has 0 bridgehead atoms. The number of halogens is 2. The van der Waals surface area contributed by atoms with Crippen molar-refractivity contribution in [2.75, 3.05) is 13.7 Å². The Labute approximate surface area is 91.7 Å². The fourth-order valence-electron chi connectivity index (χ4n) is 1.26. The summed E-state index contributed by atoms with van der Waals surface area (Å²) in [4.78, 5) is 11.2. The first kappa shape index (κ1) is 12.6. The van der Waals surface area contributed by atoms with E-state index in [9.17, 15) is 13.6 Å². The minimum Gasteiger partial charge on any atom is -0.465 e. The number of aliphatic hydroxyl groups is 1. The van der Waals surface area contributed by atoms with E-state index in [1.807, 2.05) is 0 Å². The lowest BCUT2D eigenvalue weighted by Crippen LogP contribution is -2.09. The smallest absolute Gasteiger partial charge is 0.340 e. The van der Waals surface area contributed by atoms with Gasteiger partial charge < -0.3 is 9.84 Å². The van der Waals surface area contributed by atoms with E-state index in [4.69, 9.17) is 5.11 Å². The Bertz CT molecular complexity index is 404. The molecule has 0 aliphatic heterocycles. The zero-order chi connectivity index (χ0) is 12.3. The van der Waals surface area contributed by atoms with Crippen LogP contribution in [0.15, 0.2) is 12.1 Å². The number of methoxy groups -OCH3 is 1. The predicted octanol–water partition coefficient (Wildman–Crippen LogP) is 1.85. The van der Waals surface area contributed by atoms with Crippen molar-refractivity contribution in [1.29, 1.82) is 0 Å². The minimum atomic E-state index is -1.24. The van der Waals surface area contributed by atoms with Gasteiger partial charge in [0.25, 0.3) is 0 Å². The van der Waals surface area contributed by atoms with Gasteiger partial charge in [0.2, 0.25) is 0 Å². The molecule has 0 fully saturated rings. The van der Waals surface area contributed by atoms with Crippen LogP contribution in [-0.4, -0.2) is 24.8 Å². The van der Waals surface area contributed by atoms with Gasteiger partial charge in [0.05, 0.1) is 12.7 Å². The van der Waals surface area contributed by atoms with Gasteiger partial charge >= 0.3 is 5.97 Å². The second-order valence-electron chi connectivity index (χ2n) is 3.44. The molecule has 88 valence electrons. The third-order valence-corrected chi connectivity index (χ3v) is 2.30. The van der Waals surface area contributed by atoms with Gasteiger partial charge in [0.15, 0.2) is 11.6 Å². The zero-order valence-electron chi connectivity index (χ0n) is 8.96. The lowest BCUT2D eigenvalue weighted by molar-refractivity contribution is 0.0594. The summed E-state index contributed by atoms with van der Waals surface area (Å²) in [5.74, 6) is -3.68. The predicted molar refractivity (Wildman–Crippen MR) is 53.2 cm³/mol. The first-order valence-electron chi connectivity index (χ1n) is 4.69. The molecule has 1 unspecified atom stereocenters. The average Bonchev–Trinajstić information content (AvgIpc) is 2.30. The molecule has 0 radical (unpaired) electrons. The molecule has 1 atom stereocenters. The third kappa shape index (κ3) is 2.36. The van der Waals surface area contributed by atoms with Crippen LogP contribution in [0.4, 0.5) is 8.78 Å². The third-order valence-electron chi connectivity index (χ3n) is 2.30. The Kier molecular flexibility index (Phi) is 3.95. The Hall–Kier alpha value is -1.49. The second-order valence-corrected chi connectivity index (χ2v) is 3.44. The number of benzene rings is 1. The first-order chi connectivity index (χ1) is 7.51. The molecule has 0 heterocycles. The number of carbonyl (C=O) groups is 1. The first-order valence-corrected chi connectivity index (χ1v) is 4.69. The Morgan fingerprint density at radius 2 is 2.12 bits per heavy atom. The van der Waals surface area contributed by atoms with Crippen molar-refractivity contribution >= 4 is 5.97 Å². The number of esters is 1. The summed E-state index contributed by atoms with van der Waals surface area (Å²) in [6, 6.07) is 2.15. The average molecular weight is 230 g/mol. The van der Waals surface area contributed by atoms with E-state index < -0.39 is 23.2 Å². The highest BCUT2D eigenvalue weighted by Crippen LogP contribution is 2.21. The number of aliphatic hydroxyl groups excluding tert-OH is 1. The van der Waals surface area contributed by atoms with Crippen LogP contribution in [0.5, 0.6) is 0 Å². The molecule has 0 amide bonds. The van der Waals surface area contributed by atoms with Crippen LogP contribution in [0.25, 0.3) is 0 Å². The van der Waals surface area contributed by atoms with Gasteiger partial charge in [-0.3, -0.25) is 0 Å². The zero-order valence-corrected chi connectivity index (χ0v) is 8.96. The maximum Gasteiger partial charge on any atom is 0.340 e. The van der Waals surface area contributed by atoms with Crippen LogP contribution in [-0.2, 0) is 4.74 Å². The summed E-state index contributed by atoms with van der Waals surface area (Å²) in [5, 5.41) is 8.90. The van der Waals surface area contributed by atoms with Crippen LogP contribution in [0.1, 0.15) is 28.8 Å². The number of carbonyl (C=O) groups excluding carboxylic acids is 1. The molecular weight excluding hydrogens is 218 g/mol. The molecule has 5 heteroatoms. The Morgan fingerprint density at radius 3 is 2.62 bits per heavy atom. The molecule has 0 spiro atoms. The fraction of sp³-hybridized carbons (Fsp3) is 0.364. The largest absolute Gasteiger partial charge is 0.465 e. The quantitative estimate of drug-likeness (QED) is 0.806. The lowest BCUT2D eigenvalue weighted by Gasteiger charge is -2.11. The molecule has 0 aromatic heterocycles. The normalized spacial score (nSPS) is 12.3. The van der Waals surface area contributed by atoms with Crippen LogP contribution in [0, 0.1) is 11.6 Å². The van der Waals surface area contributed by atoms with Gasteiger partial charge in [0.1, 0.15) is 0 Å². The fourth-order valence-corrected chi connectivity index (χ4v) is 1.26. The van der Waals surface area contributed by atoms with E-state index in [2.05, 4.69) is 4.74 Å². The molecule has 0 aliphatic carbocycles. The van der Waals surface area contributed by atoms with Gasteiger partial charge in [-0.05, 0) is 17.7 Å². The molecular formula is C11H12F2O3. The number of hydrogen-bond acceptors (Lipinski definition) is 3. The number of ether oxygens (including phenoxy) is 1. The van der Waals surface area contributed by atoms with Gasteiger partial charge in [-0.1, -0.05) is 6.92 Å². The van der Waals surface area contributed by atoms with Crippen molar-refractivity contribution in [3.8, 4) is 0 Å². The lowest BCUT2D eigenvalue weighted by atomic mass is 9.99. The van der Waals surface area contributed by atoms with Crippen molar-refractivity contribution < 1.29 is 23.4 Å². The molecule has 0 saturated carbocycles. The standard InChI is InChI=1S/C11H12F2O3/c1-6(5-14)7-3-8(11(15)16-2)10(13)9(12)4-7/h3-4,6,14H,5H2,1-2H3. The van der Waals surface area contributed by atoms with E-state index in [-0.39, 0.29) is 12.5 Å². The Morgan fingerprint density at radius 1 is 1.50 bits per heavy atom. The van der Waals surface area contributed by atoms with Crippen molar-refractivity contribution in [1.82, 2.24) is 0 Å². The Balaban J connectivity index is 3.27. The molecule has 1 aromatic carbocycles. The summed E-state index contributed by atoms with van der Waals surface area (Å²) in [6.45, 7) is 1.42. The van der Waals surface area contributed by atoms with Crippen molar-refractivity contribution in [3.63, 3.8) is 0 Å². The van der Waals surface area contributed by atoms with E-state index in [0.29, 0.717) is 5.56 Å². The minimum absolute atomic E-state index is 0.217. The van der Waals surface area contributed by atoms with E-state index in [1.165, 1.54) is 6.07 Å². The molecule has 0 aliphatic rings. The molecule has 1 N–H and O–H groups in total. The highest BCUT2D eigenvalue weighted by atomic mass is 19.2. The van der Waals surface area contributed by atoms with Gasteiger partial charge in [0, 0.05) is 12.5 Å². The van der Waals surface area contributed by atoms with Crippen LogP contribution in [0.3, 0.4) is 0 Å². The van der Waals surface area contributed by atoms with E-state index in [0.717, 1.165) is 13.2 Å². The highest BCUT2D eigenvalue weighted by molar-refractivity contribution is 5.89. The van der Waals surface area contributed by atoms with Gasteiger partial charge in [-0.2, -0.15) is 0 Å². The SMILES string of the molecule is COC(=O)c1cc(C(C)CO)cc(F)c1F. The maximum atomic E-state index is 13.2. The second kappa shape index (κ2) is 5.03. The van der Waals surface area contributed by atoms with Gasteiger partial charge in [-0.15, -0.1) is 0 Å². The summed E-state index contributed by atoms with van der Waals surface area (Å²) in [6.07, 6.45) is 0. The van der Waals surface area contributed by atoms with Crippen molar-refractivity contribution in [2.45, 2.75) is 12.8 Å². The summed E-state index contributed by atoms with van der Waals surface area (Å²) in [7, 11) is 1.09. The summed E-state index contributed by atoms with van der Waals surface area (Å²) >= 11 is 0. The number of rotatable bonds is 3. The summed E-state index contributed by atoms with van der Waals surface area (Å²) < 4.78 is 30.7. The van der Waals surface area contributed by atoms with Crippen LogP contribution in [0.2, 0.25) is 0 Å². The van der Waals surface area contributed by atoms with Gasteiger partial charge in [-0.25, -0.2) is 13.6 Å². The molecule has 16 heavy (non-hydrogen) atoms. The van der Waals surface area contributed by atoms with Crippen LogP contribution < -0.4 is 0 Å². The van der Waals surface area contributed by atoms with Crippen molar-refractivity contribution in [2.24, 2.45) is 0 Å². The maximum absolute atomic E-state index is 13.2. The topological polar surface area (TPSA) is 46.5 Å². The van der Waals surface area contributed by atoms with Crippen molar-refractivity contribution in [3.05, 3.63) is 34.9 Å². The molecule has 1 aromatic rings. The molecule has 0 saturated heterocycles.